The Morgan fingerprint density at radius 1 is 1.53 bits per heavy atom. The van der Waals surface area contributed by atoms with E-state index in [0.717, 1.165) is 6.42 Å². The first-order chi connectivity index (χ1) is 8.81. The number of nitrogens with one attached hydrogen (secondary N) is 1. The lowest BCUT2D eigenvalue weighted by molar-refractivity contribution is -0.133. The molecule has 0 bridgehead atoms. The second-order valence-electron chi connectivity index (χ2n) is 5.69. The lowest BCUT2D eigenvalue weighted by Gasteiger charge is -2.32. The fraction of sp³-hybridized carbons (Fsp3) is 0.714. The maximum Gasteiger partial charge on any atom is 0.331 e. The van der Waals surface area contributed by atoms with Crippen molar-refractivity contribution in [2.24, 2.45) is 17.6 Å². The van der Waals surface area contributed by atoms with Crippen molar-refractivity contribution in [2.75, 3.05) is 0 Å². The van der Waals surface area contributed by atoms with E-state index >= 15 is 0 Å². The van der Waals surface area contributed by atoms with Crippen molar-refractivity contribution in [3.8, 4) is 0 Å². The predicted octanol–water partition coefficient (Wildman–Crippen LogP) is 1.29. The maximum absolute atomic E-state index is 11.2. The van der Waals surface area contributed by atoms with Gasteiger partial charge in [0.2, 0.25) is 5.91 Å². The highest BCUT2D eigenvalue weighted by atomic mass is 16.4. The molecule has 0 aromatic heterocycles. The van der Waals surface area contributed by atoms with Gasteiger partial charge in [0.25, 0.3) is 0 Å². The number of carboxylic acids is 1. The SMILES string of the molecule is CC(=O)N[C@@H](C[C@H]1CC=C(C(=O)O)C[C@@H]1N)C(C)C. The van der Waals surface area contributed by atoms with E-state index in [1.807, 2.05) is 0 Å². The Labute approximate surface area is 114 Å². The van der Waals surface area contributed by atoms with Gasteiger partial charge in [0.1, 0.15) is 0 Å². The van der Waals surface area contributed by atoms with Crippen LogP contribution >= 0.6 is 0 Å². The molecule has 1 aliphatic rings. The Kier molecular flexibility index (Phi) is 5.54. The molecule has 19 heavy (non-hydrogen) atoms. The first kappa shape index (κ1) is 15.7. The molecule has 3 atom stereocenters. The third-order valence-electron chi connectivity index (χ3n) is 3.75. The van der Waals surface area contributed by atoms with Gasteiger partial charge >= 0.3 is 5.97 Å². The highest BCUT2D eigenvalue weighted by Crippen LogP contribution is 2.28. The Balaban J connectivity index is 2.65. The van der Waals surface area contributed by atoms with Crippen LogP contribution in [0.25, 0.3) is 0 Å². The van der Waals surface area contributed by atoms with Crippen LogP contribution in [0.3, 0.4) is 0 Å². The molecule has 0 spiro atoms. The number of amides is 1. The summed E-state index contributed by atoms with van der Waals surface area (Å²) in [7, 11) is 0. The van der Waals surface area contributed by atoms with Crippen molar-refractivity contribution in [2.45, 2.75) is 52.1 Å². The third-order valence-corrected chi connectivity index (χ3v) is 3.75. The summed E-state index contributed by atoms with van der Waals surface area (Å²) < 4.78 is 0. The normalized spacial score (nSPS) is 24.8. The van der Waals surface area contributed by atoms with E-state index in [9.17, 15) is 9.59 Å². The minimum absolute atomic E-state index is 0.0372. The van der Waals surface area contributed by atoms with Gasteiger partial charge in [0, 0.05) is 24.6 Å². The van der Waals surface area contributed by atoms with E-state index < -0.39 is 5.97 Å². The summed E-state index contributed by atoms with van der Waals surface area (Å²) in [5, 5.41) is 11.9. The van der Waals surface area contributed by atoms with Crippen molar-refractivity contribution in [3.05, 3.63) is 11.6 Å². The average molecular weight is 268 g/mol. The molecule has 0 aliphatic heterocycles. The zero-order valence-corrected chi connectivity index (χ0v) is 11.8. The monoisotopic (exact) mass is 268 g/mol. The van der Waals surface area contributed by atoms with Gasteiger partial charge in [-0.15, -0.1) is 0 Å². The molecule has 1 amide bonds. The zero-order valence-electron chi connectivity index (χ0n) is 11.8. The van der Waals surface area contributed by atoms with Gasteiger partial charge in [-0.05, 0) is 31.1 Å². The first-order valence-electron chi connectivity index (χ1n) is 6.76. The van der Waals surface area contributed by atoms with Crippen LogP contribution in [-0.4, -0.2) is 29.1 Å². The van der Waals surface area contributed by atoms with Gasteiger partial charge < -0.3 is 16.2 Å². The molecule has 0 heterocycles. The maximum atomic E-state index is 11.2. The number of rotatable bonds is 5. The van der Waals surface area contributed by atoms with Crippen molar-refractivity contribution in [3.63, 3.8) is 0 Å². The second kappa shape index (κ2) is 6.70. The molecule has 0 fully saturated rings. The number of hydrogen-bond donors (Lipinski definition) is 3. The highest BCUT2D eigenvalue weighted by molar-refractivity contribution is 5.86. The minimum Gasteiger partial charge on any atom is -0.478 e. The van der Waals surface area contributed by atoms with Gasteiger partial charge in [0.05, 0.1) is 0 Å². The summed E-state index contributed by atoms with van der Waals surface area (Å²) in [6.45, 7) is 5.64. The van der Waals surface area contributed by atoms with E-state index in [1.54, 1.807) is 6.08 Å². The number of allylic oxidation sites excluding steroid dienone is 1. The lowest BCUT2D eigenvalue weighted by Crippen LogP contribution is -2.43. The van der Waals surface area contributed by atoms with Crippen molar-refractivity contribution in [1.29, 1.82) is 0 Å². The molecule has 0 radical (unpaired) electrons. The molecule has 0 aromatic rings. The standard InChI is InChI=1S/C14H24N2O3/c1-8(2)13(16-9(3)17)7-10-4-5-11(14(18)19)6-12(10)15/h5,8,10,12-13H,4,6-7,15H2,1-3H3,(H,16,17)(H,18,19)/t10-,12+,13+/m1/s1. The number of carbonyl (C=O) groups is 2. The third kappa shape index (κ3) is 4.67. The van der Waals surface area contributed by atoms with Crippen LogP contribution in [0.5, 0.6) is 0 Å². The Hall–Kier alpha value is -1.36. The summed E-state index contributed by atoms with van der Waals surface area (Å²) in [6, 6.07) is -0.0561. The number of carbonyl (C=O) groups excluding carboxylic acids is 1. The van der Waals surface area contributed by atoms with Crippen LogP contribution in [0, 0.1) is 11.8 Å². The topological polar surface area (TPSA) is 92.4 Å². The van der Waals surface area contributed by atoms with Crippen LogP contribution in [-0.2, 0) is 9.59 Å². The lowest BCUT2D eigenvalue weighted by atomic mass is 9.79. The van der Waals surface area contributed by atoms with Crippen LogP contribution in [0.1, 0.15) is 40.0 Å². The Morgan fingerprint density at radius 2 is 2.16 bits per heavy atom. The van der Waals surface area contributed by atoms with E-state index in [4.69, 9.17) is 10.8 Å². The summed E-state index contributed by atoms with van der Waals surface area (Å²) in [5.74, 6) is -0.357. The molecule has 1 aliphatic carbocycles. The van der Waals surface area contributed by atoms with Gasteiger partial charge in [-0.2, -0.15) is 0 Å². The van der Waals surface area contributed by atoms with Gasteiger partial charge in [-0.1, -0.05) is 19.9 Å². The smallest absolute Gasteiger partial charge is 0.331 e. The molecule has 5 heteroatoms. The molecule has 4 N–H and O–H groups in total. The second-order valence-corrected chi connectivity index (χ2v) is 5.69. The van der Waals surface area contributed by atoms with E-state index in [2.05, 4.69) is 19.2 Å². The van der Waals surface area contributed by atoms with Gasteiger partial charge in [-0.25, -0.2) is 4.79 Å². The Morgan fingerprint density at radius 3 is 2.58 bits per heavy atom. The fourth-order valence-corrected chi connectivity index (χ4v) is 2.50. The van der Waals surface area contributed by atoms with Gasteiger partial charge in [-0.3, -0.25) is 4.79 Å². The van der Waals surface area contributed by atoms with Crippen molar-refractivity contribution >= 4 is 11.9 Å². The quantitative estimate of drug-likeness (QED) is 0.700. The van der Waals surface area contributed by atoms with E-state index in [-0.39, 0.29) is 23.9 Å². The van der Waals surface area contributed by atoms with Crippen molar-refractivity contribution < 1.29 is 14.7 Å². The van der Waals surface area contributed by atoms with Gasteiger partial charge in [0.15, 0.2) is 0 Å². The van der Waals surface area contributed by atoms with E-state index in [0.29, 0.717) is 24.3 Å². The van der Waals surface area contributed by atoms with Crippen LogP contribution in [0.4, 0.5) is 0 Å². The summed E-state index contributed by atoms with van der Waals surface area (Å²) >= 11 is 0. The van der Waals surface area contributed by atoms with Crippen LogP contribution in [0.2, 0.25) is 0 Å². The number of carboxylic acid groups (broad SMARTS) is 1. The number of aliphatic carboxylic acids is 1. The molecule has 0 saturated carbocycles. The first-order valence-corrected chi connectivity index (χ1v) is 6.76. The molecule has 0 saturated heterocycles. The minimum atomic E-state index is -0.879. The fourth-order valence-electron chi connectivity index (χ4n) is 2.50. The molecule has 0 unspecified atom stereocenters. The summed E-state index contributed by atoms with van der Waals surface area (Å²) in [6.07, 6.45) is 3.64. The Bertz CT molecular complexity index is 377. The molecule has 1 rings (SSSR count). The highest BCUT2D eigenvalue weighted by Gasteiger charge is 2.29. The molecule has 5 nitrogen and oxygen atoms in total. The molecular weight excluding hydrogens is 244 g/mol. The molecular formula is C14H24N2O3. The number of nitrogens with two attached hydrogens (primary N) is 1. The molecule has 108 valence electrons. The average Bonchev–Trinajstić information content (AvgIpc) is 2.29. The van der Waals surface area contributed by atoms with Crippen LogP contribution in [0.15, 0.2) is 11.6 Å². The van der Waals surface area contributed by atoms with Crippen molar-refractivity contribution in [1.82, 2.24) is 5.32 Å². The predicted molar refractivity (Wildman–Crippen MR) is 73.5 cm³/mol. The largest absolute Gasteiger partial charge is 0.478 e. The van der Waals surface area contributed by atoms with E-state index in [1.165, 1.54) is 6.92 Å². The summed E-state index contributed by atoms with van der Waals surface area (Å²) in [4.78, 5) is 22.1. The zero-order chi connectivity index (χ0) is 14.6. The number of hydrogen-bond acceptors (Lipinski definition) is 3. The van der Waals surface area contributed by atoms with Crippen LogP contribution < -0.4 is 11.1 Å². The molecule has 0 aromatic carbocycles. The summed E-state index contributed by atoms with van der Waals surface area (Å²) in [5.41, 5.74) is 6.48.